The molecular weight excluding hydrogens is 142 g/mol. The molecule has 2 unspecified atom stereocenters. The molecule has 1 fully saturated rings. The maximum Gasteiger partial charge on any atom is 0.0685 e. The molecule has 3 nitrogen and oxygen atoms in total. The van der Waals surface area contributed by atoms with E-state index >= 15 is 0 Å². The van der Waals surface area contributed by atoms with Crippen LogP contribution in [-0.4, -0.2) is 46.5 Å². The Morgan fingerprint density at radius 1 is 1.64 bits per heavy atom. The molecule has 0 aromatic rings. The van der Waals surface area contributed by atoms with E-state index in [1.54, 1.807) is 0 Å². The minimum Gasteiger partial charge on any atom is -0.394 e. The molecule has 0 bridgehead atoms. The fraction of sp³-hybridized carbons (Fsp3) is 1.00. The lowest BCUT2D eigenvalue weighted by Gasteiger charge is -2.31. The summed E-state index contributed by atoms with van der Waals surface area (Å²) >= 11 is 0. The summed E-state index contributed by atoms with van der Waals surface area (Å²) in [7, 11) is 0. The van der Waals surface area contributed by atoms with Gasteiger partial charge in [-0.2, -0.15) is 0 Å². The number of aliphatic hydroxyl groups excluding tert-OH is 2. The Balaban J connectivity index is 2.63. The molecule has 1 rings (SSSR count). The zero-order valence-electron chi connectivity index (χ0n) is 7.25. The first-order valence-corrected chi connectivity index (χ1v) is 4.16. The van der Waals surface area contributed by atoms with E-state index in [9.17, 15) is 5.11 Å². The second-order valence-corrected chi connectivity index (χ2v) is 3.55. The van der Waals surface area contributed by atoms with Gasteiger partial charge in [0.05, 0.1) is 12.7 Å². The van der Waals surface area contributed by atoms with Crippen molar-refractivity contribution in [3.63, 3.8) is 0 Å². The molecule has 0 radical (unpaired) electrons. The van der Waals surface area contributed by atoms with Crippen molar-refractivity contribution in [2.75, 3.05) is 19.7 Å². The van der Waals surface area contributed by atoms with Crippen molar-refractivity contribution < 1.29 is 10.2 Å². The van der Waals surface area contributed by atoms with Crippen molar-refractivity contribution in [1.29, 1.82) is 0 Å². The molecule has 0 spiro atoms. The summed E-state index contributed by atoms with van der Waals surface area (Å²) in [5.74, 6) is 0. The highest BCUT2D eigenvalue weighted by Crippen LogP contribution is 2.27. The lowest BCUT2D eigenvalue weighted by molar-refractivity contribution is 0.0835. The molecule has 0 aliphatic carbocycles. The van der Waals surface area contributed by atoms with Gasteiger partial charge in [0.25, 0.3) is 0 Å². The SMILES string of the molecule is CCN1CC(O)CC1(C)CO. The molecule has 11 heavy (non-hydrogen) atoms. The van der Waals surface area contributed by atoms with Crippen LogP contribution in [-0.2, 0) is 0 Å². The lowest BCUT2D eigenvalue weighted by Crippen LogP contribution is -2.43. The summed E-state index contributed by atoms with van der Waals surface area (Å²) in [5.41, 5.74) is -0.186. The van der Waals surface area contributed by atoms with Crippen LogP contribution in [0, 0.1) is 0 Å². The Morgan fingerprint density at radius 2 is 2.27 bits per heavy atom. The summed E-state index contributed by atoms with van der Waals surface area (Å²) in [6.45, 7) is 5.78. The Hall–Kier alpha value is -0.120. The zero-order chi connectivity index (χ0) is 8.48. The number of likely N-dealkylation sites (N-methyl/N-ethyl adjacent to an activating group) is 1. The van der Waals surface area contributed by atoms with E-state index < -0.39 is 0 Å². The number of likely N-dealkylation sites (tertiary alicyclic amines) is 1. The average molecular weight is 159 g/mol. The van der Waals surface area contributed by atoms with Gasteiger partial charge < -0.3 is 10.2 Å². The number of nitrogens with zero attached hydrogens (tertiary/aromatic N) is 1. The average Bonchev–Trinajstić information content (AvgIpc) is 2.27. The summed E-state index contributed by atoms with van der Waals surface area (Å²) in [6.07, 6.45) is 0.434. The van der Waals surface area contributed by atoms with Gasteiger partial charge in [0.15, 0.2) is 0 Å². The quantitative estimate of drug-likeness (QED) is 0.587. The predicted molar refractivity (Wildman–Crippen MR) is 43.4 cm³/mol. The van der Waals surface area contributed by atoms with E-state index in [0.717, 1.165) is 6.54 Å². The van der Waals surface area contributed by atoms with Crippen molar-refractivity contribution >= 4 is 0 Å². The maximum atomic E-state index is 9.34. The fourth-order valence-electron chi connectivity index (χ4n) is 1.85. The number of hydrogen-bond acceptors (Lipinski definition) is 3. The molecule has 2 N–H and O–H groups in total. The first-order valence-electron chi connectivity index (χ1n) is 4.16. The Morgan fingerprint density at radius 3 is 2.64 bits per heavy atom. The smallest absolute Gasteiger partial charge is 0.0685 e. The van der Waals surface area contributed by atoms with Gasteiger partial charge in [-0.25, -0.2) is 0 Å². The molecule has 66 valence electrons. The van der Waals surface area contributed by atoms with Crippen LogP contribution in [0.25, 0.3) is 0 Å². The van der Waals surface area contributed by atoms with Gasteiger partial charge in [-0.15, -0.1) is 0 Å². The van der Waals surface area contributed by atoms with E-state index in [1.165, 1.54) is 0 Å². The van der Waals surface area contributed by atoms with Crippen molar-refractivity contribution in [3.8, 4) is 0 Å². The third-order valence-corrected chi connectivity index (χ3v) is 2.59. The van der Waals surface area contributed by atoms with E-state index in [1.807, 2.05) is 13.8 Å². The van der Waals surface area contributed by atoms with Crippen LogP contribution in [0.4, 0.5) is 0 Å². The molecular formula is C8H17NO2. The zero-order valence-corrected chi connectivity index (χ0v) is 7.25. The van der Waals surface area contributed by atoms with Gasteiger partial charge in [0, 0.05) is 12.1 Å². The molecule has 1 heterocycles. The maximum absolute atomic E-state index is 9.34. The van der Waals surface area contributed by atoms with E-state index in [0.29, 0.717) is 13.0 Å². The minimum atomic E-state index is -0.257. The minimum absolute atomic E-state index is 0.137. The monoisotopic (exact) mass is 159 g/mol. The number of aliphatic hydroxyl groups is 2. The molecule has 0 saturated carbocycles. The molecule has 1 aliphatic heterocycles. The van der Waals surface area contributed by atoms with Gasteiger partial charge >= 0.3 is 0 Å². The lowest BCUT2D eigenvalue weighted by atomic mass is 10.00. The summed E-state index contributed by atoms with van der Waals surface area (Å²) in [5, 5.41) is 18.4. The highest BCUT2D eigenvalue weighted by atomic mass is 16.3. The van der Waals surface area contributed by atoms with Gasteiger partial charge in [-0.05, 0) is 19.9 Å². The van der Waals surface area contributed by atoms with E-state index in [-0.39, 0.29) is 18.2 Å². The highest BCUT2D eigenvalue weighted by molar-refractivity contribution is 4.95. The molecule has 1 aliphatic rings. The van der Waals surface area contributed by atoms with Crippen LogP contribution in [0.1, 0.15) is 20.3 Å². The van der Waals surface area contributed by atoms with Crippen LogP contribution < -0.4 is 0 Å². The summed E-state index contributed by atoms with van der Waals surface area (Å²) in [6, 6.07) is 0. The third-order valence-electron chi connectivity index (χ3n) is 2.59. The molecule has 3 heteroatoms. The standard InChI is InChI=1S/C8H17NO2/c1-3-9-5-7(11)4-8(9,2)6-10/h7,10-11H,3-6H2,1-2H3. The highest BCUT2D eigenvalue weighted by Gasteiger charge is 2.39. The third kappa shape index (κ3) is 1.55. The van der Waals surface area contributed by atoms with Gasteiger partial charge in [-0.1, -0.05) is 6.92 Å². The molecule has 2 atom stereocenters. The summed E-state index contributed by atoms with van der Waals surface area (Å²) < 4.78 is 0. The number of β-amino-alcohol motifs (C(OH)–C–C–N with tert-alkyl or cyclic N) is 1. The van der Waals surface area contributed by atoms with Crippen LogP contribution in [0.15, 0.2) is 0 Å². The number of hydrogen-bond donors (Lipinski definition) is 2. The van der Waals surface area contributed by atoms with Gasteiger partial charge in [-0.3, -0.25) is 4.90 Å². The second kappa shape index (κ2) is 3.09. The van der Waals surface area contributed by atoms with Crippen LogP contribution in [0.2, 0.25) is 0 Å². The first kappa shape index (κ1) is 8.97. The van der Waals surface area contributed by atoms with Crippen molar-refractivity contribution in [1.82, 2.24) is 4.90 Å². The molecule has 0 amide bonds. The second-order valence-electron chi connectivity index (χ2n) is 3.55. The van der Waals surface area contributed by atoms with Crippen LogP contribution in [0.3, 0.4) is 0 Å². The topological polar surface area (TPSA) is 43.7 Å². The summed E-state index contributed by atoms with van der Waals surface area (Å²) in [4.78, 5) is 2.12. The van der Waals surface area contributed by atoms with Crippen LogP contribution >= 0.6 is 0 Å². The molecule has 0 aromatic heterocycles. The number of rotatable bonds is 2. The largest absolute Gasteiger partial charge is 0.394 e. The molecule has 0 aromatic carbocycles. The Kier molecular flexibility index (Phi) is 2.52. The normalized spacial score (nSPS) is 39.8. The van der Waals surface area contributed by atoms with E-state index in [4.69, 9.17) is 5.11 Å². The van der Waals surface area contributed by atoms with Gasteiger partial charge in [0.2, 0.25) is 0 Å². The Labute approximate surface area is 67.6 Å². The van der Waals surface area contributed by atoms with Crippen molar-refractivity contribution in [2.45, 2.75) is 31.9 Å². The molecule has 1 saturated heterocycles. The van der Waals surface area contributed by atoms with Gasteiger partial charge in [0.1, 0.15) is 0 Å². The first-order chi connectivity index (χ1) is 5.12. The van der Waals surface area contributed by atoms with E-state index in [2.05, 4.69) is 4.90 Å². The van der Waals surface area contributed by atoms with Crippen LogP contribution in [0.5, 0.6) is 0 Å². The fourth-order valence-corrected chi connectivity index (χ4v) is 1.85. The predicted octanol–water partition coefficient (Wildman–Crippen LogP) is -0.176. The Bertz CT molecular complexity index is 140. The van der Waals surface area contributed by atoms with Crippen molar-refractivity contribution in [3.05, 3.63) is 0 Å². The van der Waals surface area contributed by atoms with Crippen molar-refractivity contribution in [2.24, 2.45) is 0 Å².